The fourth-order valence-corrected chi connectivity index (χ4v) is 3.65. The van der Waals surface area contributed by atoms with Gasteiger partial charge in [-0.3, -0.25) is 9.59 Å². The highest BCUT2D eigenvalue weighted by Crippen LogP contribution is 2.33. The van der Waals surface area contributed by atoms with Crippen molar-refractivity contribution < 1.29 is 9.59 Å². The molecule has 0 fully saturated rings. The van der Waals surface area contributed by atoms with Crippen molar-refractivity contribution in [1.29, 1.82) is 0 Å². The molecule has 0 bridgehead atoms. The number of carbonyl (C=O) groups is 2. The summed E-state index contributed by atoms with van der Waals surface area (Å²) in [5.41, 5.74) is 2.93. The Bertz CT molecular complexity index is 1190. The second-order valence-corrected chi connectivity index (χ2v) is 7.58. The molecule has 1 aliphatic heterocycles. The van der Waals surface area contributed by atoms with Crippen molar-refractivity contribution >= 4 is 29.1 Å². The molecule has 1 aromatic heterocycles. The highest BCUT2D eigenvalue weighted by atomic mass is 16.2. The Balaban J connectivity index is 1.46. The molecule has 0 saturated carbocycles. The van der Waals surface area contributed by atoms with Crippen LogP contribution in [0.2, 0.25) is 0 Å². The number of ketones is 1. The summed E-state index contributed by atoms with van der Waals surface area (Å²) in [6.07, 6.45) is 7.38. The van der Waals surface area contributed by atoms with Gasteiger partial charge in [0.05, 0.1) is 6.20 Å². The first-order valence-electron chi connectivity index (χ1n) is 10.2. The summed E-state index contributed by atoms with van der Waals surface area (Å²) in [6, 6.07) is 16.2. The number of fused-ring (bicyclic) bond motifs is 1. The molecule has 4 rings (SSSR count). The van der Waals surface area contributed by atoms with Gasteiger partial charge in [-0.2, -0.15) is 4.98 Å². The second-order valence-electron chi connectivity index (χ2n) is 7.58. The largest absolute Gasteiger partial charge is 0.350 e. The number of nitrogens with one attached hydrogen (secondary N) is 1. The molecule has 7 heteroatoms. The van der Waals surface area contributed by atoms with Crippen LogP contribution >= 0.6 is 0 Å². The standard InChI is InChI=1S/C25H23N5O2/c1-4-8-20-24(32)30(3)21-16-27-25(28-23(21)29(20)2)26-15-17-11-13-19(14-12-17)22(31)18-9-6-5-7-10-18/h1,5-7,9-14,16,20H,8,15H2,2-3H3,(H,26,27,28)/t20-/m0/s1. The zero-order chi connectivity index (χ0) is 22.7. The van der Waals surface area contributed by atoms with Gasteiger partial charge in [0.25, 0.3) is 5.91 Å². The third-order valence-electron chi connectivity index (χ3n) is 5.54. The second kappa shape index (κ2) is 8.90. The monoisotopic (exact) mass is 425 g/mol. The van der Waals surface area contributed by atoms with Gasteiger partial charge < -0.3 is 15.1 Å². The van der Waals surface area contributed by atoms with E-state index in [-0.39, 0.29) is 11.7 Å². The van der Waals surface area contributed by atoms with E-state index >= 15 is 0 Å². The van der Waals surface area contributed by atoms with Crippen LogP contribution < -0.4 is 15.1 Å². The number of terminal acetylenes is 1. The third-order valence-corrected chi connectivity index (χ3v) is 5.54. The van der Waals surface area contributed by atoms with Gasteiger partial charge in [-0.25, -0.2) is 4.98 Å². The molecule has 160 valence electrons. The maximum absolute atomic E-state index is 12.5. The minimum absolute atomic E-state index is 0.00800. The summed E-state index contributed by atoms with van der Waals surface area (Å²) in [4.78, 5) is 37.4. The van der Waals surface area contributed by atoms with Gasteiger partial charge in [-0.05, 0) is 5.56 Å². The molecule has 0 aliphatic carbocycles. The molecule has 0 radical (unpaired) electrons. The van der Waals surface area contributed by atoms with E-state index in [1.54, 1.807) is 35.2 Å². The number of rotatable bonds is 6. The average molecular weight is 425 g/mol. The lowest BCUT2D eigenvalue weighted by Gasteiger charge is -2.37. The lowest BCUT2D eigenvalue weighted by atomic mass is 10.0. The number of nitrogens with zero attached hydrogens (tertiary/aromatic N) is 4. The summed E-state index contributed by atoms with van der Waals surface area (Å²) in [5, 5.41) is 3.21. The number of likely N-dealkylation sites (N-methyl/N-ethyl adjacent to an activating group) is 2. The van der Waals surface area contributed by atoms with Crippen LogP contribution in [0.4, 0.5) is 17.5 Å². The van der Waals surface area contributed by atoms with Crippen molar-refractivity contribution in [3.05, 3.63) is 77.5 Å². The Hall–Kier alpha value is -4.18. The summed E-state index contributed by atoms with van der Waals surface area (Å²) in [6.45, 7) is 0.491. The SMILES string of the molecule is C#CC[C@H]1C(=O)N(C)c2cnc(NCc3ccc(C(=O)c4ccccc4)cc3)nc2N1C. The fourth-order valence-electron chi connectivity index (χ4n) is 3.65. The Kier molecular flexibility index (Phi) is 5.86. The quantitative estimate of drug-likeness (QED) is 0.483. The molecule has 3 aromatic rings. The van der Waals surface area contributed by atoms with Crippen molar-refractivity contribution in [2.24, 2.45) is 0 Å². The number of carbonyl (C=O) groups excluding carboxylic acids is 2. The van der Waals surface area contributed by atoms with E-state index in [1.165, 1.54) is 0 Å². The molecule has 0 spiro atoms. The third kappa shape index (κ3) is 4.03. The molecular formula is C25H23N5O2. The van der Waals surface area contributed by atoms with E-state index in [9.17, 15) is 9.59 Å². The number of hydrogen-bond acceptors (Lipinski definition) is 6. The van der Waals surface area contributed by atoms with E-state index in [1.807, 2.05) is 49.5 Å². The van der Waals surface area contributed by atoms with Crippen LogP contribution in [0.25, 0.3) is 0 Å². The van der Waals surface area contributed by atoms with Gasteiger partial charge in [0.2, 0.25) is 5.95 Å². The van der Waals surface area contributed by atoms with Crippen molar-refractivity contribution in [1.82, 2.24) is 9.97 Å². The average Bonchev–Trinajstić information content (AvgIpc) is 2.84. The zero-order valence-corrected chi connectivity index (χ0v) is 17.9. The minimum atomic E-state index is -0.449. The predicted octanol–water partition coefficient (Wildman–Crippen LogP) is 3.12. The summed E-state index contributed by atoms with van der Waals surface area (Å²) in [7, 11) is 3.51. The van der Waals surface area contributed by atoms with Crippen molar-refractivity contribution in [3.8, 4) is 12.3 Å². The van der Waals surface area contributed by atoms with E-state index < -0.39 is 6.04 Å². The summed E-state index contributed by atoms with van der Waals surface area (Å²) >= 11 is 0. The Morgan fingerprint density at radius 3 is 2.47 bits per heavy atom. The van der Waals surface area contributed by atoms with Crippen LogP contribution in [0.5, 0.6) is 0 Å². The van der Waals surface area contributed by atoms with Crippen LogP contribution in [0, 0.1) is 12.3 Å². The zero-order valence-electron chi connectivity index (χ0n) is 17.9. The van der Waals surface area contributed by atoms with Gasteiger partial charge in [-0.1, -0.05) is 54.6 Å². The number of amides is 1. The van der Waals surface area contributed by atoms with Crippen molar-refractivity contribution in [2.45, 2.75) is 19.0 Å². The first-order chi connectivity index (χ1) is 15.5. The molecule has 1 N–H and O–H groups in total. The highest BCUT2D eigenvalue weighted by molar-refractivity contribution is 6.09. The van der Waals surface area contributed by atoms with Gasteiger partial charge in [0, 0.05) is 38.2 Å². The summed E-state index contributed by atoms with van der Waals surface area (Å²) < 4.78 is 0. The van der Waals surface area contributed by atoms with Crippen molar-refractivity contribution in [3.63, 3.8) is 0 Å². The van der Waals surface area contributed by atoms with Crippen LogP contribution in [0.3, 0.4) is 0 Å². The van der Waals surface area contributed by atoms with Crippen LogP contribution in [-0.2, 0) is 11.3 Å². The van der Waals surface area contributed by atoms with E-state index in [4.69, 9.17) is 6.42 Å². The Labute approximate surface area is 187 Å². The minimum Gasteiger partial charge on any atom is -0.350 e. The molecule has 7 nitrogen and oxygen atoms in total. The van der Waals surface area contributed by atoms with Crippen LogP contribution in [0.15, 0.2) is 60.8 Å². The maximum atomic E-state index is 12.5. The van der Waals surface area contributed by atoms with Gasteiger partial charge >= 0.3 is 0 Å². The van der Waals surface area contributed by atoms with E-state index in [0.29, 0.717) is 41.5 Å². The van der Waals surface area contributed by atoms with E-state index in [2.05, 4.69) is 21.2 Å². The maximum Gasteiger partial charge on any atom is 0.250 e. The van der Waals surface area contributed by atoms with Gasteiger partial charge in [0.15, 0.2) is 11.6 Å². The lowest BCUT2D eigenvalue weighted by molar-refractivity contribution is -0.119. The smallest absolute Gasteiger partial charge is 0.250 e. The first-order valence-corrected chi connectivity index (χ1v) is 10.2. The Morgan fingerprint density at radius 2 is 1.78 bits per heavy atom. The van der Waals surface area contributed by atoms with Gasteiger partial charge in [0.1, 0.15) is 11.7 Å². The normalized spacial score (nSPS) is 15.2. The highest BCUT2D eigenvalue weighted by Gasteiger charge is 2.35. The lowest BCUT2D eigenvalue weighted by Crippen LogP contribution is -2.51. The first kappa shape index (κ1) is 21.1. The molecule has 1 aliphatic rings. The Morgan fingerprint density at radius 1 is 1.09 bits per heavy atom. The fraction of sp³-hybridized carbons (Fsp3) is 0.200. The number of aromatic nitrogens is 2. The molecular weight excluding hydrogens is 402 g/mol. The summed E-state index contributed by atoms with van der Waals surface area (Å²) in [5.74, 6) is 3.57. The molecule has 0 saturated heterocycles. The van der Waals surface area contributed by atoms with E-state index in [0.717, 1.165) is 5.56 Å². The van der Waals surface area contributed by atoms with Crippen LogP contribution in [0.1, 0.15) is 27.9 Å². The molecule has 2 heterocycles. The van der Waals surface area contributed by atoms with Crippen LogP contribution in [-0.4, -0.2) is 41.8 Å². The predicted molar refractivity (Wildman–Crippen MR) is 125 cm³/mol. The topological polar surface area (TPSA) is 78.4 Å². The number of hydrogen-bond donors (Lipinski definition) is 1. The molecule has 1 amide bonds. The molecule has 0 unspecified atom stereocenters. The molecule has 2 aromatic carbocycles. The number of anilines is 3. The van der Waals surface area contributed by atoms with Crippen molar-refractivity contribution in [2.75, 3.05) is 29.2 Å². The van der Waals surface area contributed by atoms with Gasteiger partial charge in [-0.15, -0.1) is 12.3 Å². The molecule has 32 heavy (non-hydrogen) atoms. The number of benzene rings is 2. The molecule has 1 atom stereocenters.